The van der Waals surface area contributed by atoms with Gasteiger partial charge in [-0.1, -0.05) is 30.1 Å². The molecule has 1 aromatic rings. The summed E-state index contributed by atoms with van der Waals surface area (Å²) >= 11 is 19.2. The Bertz CT molecular complexity index is 434. The number of hydrogen-bond acceptors (Lipinski definition) is 2. The first-order valence-corrected chi connectivity index (χ1v) is 7.38. The summed E-state index contributed by atoms with van der Waals surface area (Å²) < 4.78 is 0.982. The lowest BCUT2D eigenvalue weighted by molar-refractivity contribution is 0.0702. The lowest BCUT2D eigenvalue weighted by Gasteiger charge is -2.33. The molecule has 94 valence electrons. The maximum atomic E-state index is 12.2. The van der Waals surface area contributed by atoms with E-state index >= 15 is 0 Å². The first-order valence-electron chi connectivity index (χ1n) is 5.37. The fraction of sp³-hybridized carbons (Fsp3) is 0.545. The van der Waals surface area contributed by atoms with Crippen LogP contribution in [0.5, 0.6) is 0 Å². The fourth-order valence-corrected chi connectivity index (χ4v) is 3.60. The molecule has 6 heteroatoms. The SMILES string of the molecule is CC1CCN(C(=O)c2cc(Cl)sc2Cl)CC1Cl. The summed E-state index contributed by atoms with van der Waals surface area (Å²) in [5, 5.41) is 0.0144. The minimum atomic E-state index is -0.0734. The van der Waals surface area contributed by atoms with Gasteiger partial charge in [0.15, 0.2) is 0 Å². The van der Waals surface area contributed by atoms with Crippen molar-refractivity contribution in [3.05, 3.63) is 20.3 Å². The molecule has 2 heterocycles. The van der Waals surface area contributed by atoms with E-state index in [1.54, 1.807) is 11.0 Å². The van der Waals surface area contributed by atoms with E-state index in [1.807, 2.05) is 0 Å². The summed E-state index contributed by atoms with van der Waals surface area (Å²) in [5.74, 6) is 0.373. The van der Waals surface area contributed by atoms with Gasteiger partial charge in [-0.05, 0) is 18.4 Å². The number of nitrogens with zero attached hydrogens (tertiary/aromatic N) is 1. The Morgan fingerprint density at radius 1 is 1.53 bits per heavy atom. The number of amides is 1. The topological polar surface area (TPSA) is 20.3 Å². The van der Waals surface area contributed by atoms with Gasteiger partial charge in [-0.15, -0.1) is 22.9 Å². The molecule has 0 bridgehead atoms. The van der Waals surface area contributed by atoms with Gasteiger partial charge in [-0.2, -0.15) is 0 Å². The first-order chi connectivity index (χ1) is 7.99. The molecule has 1 aliphatic rings. The van der Waals surface area contributed by atoms with Crippen molar-refractivity contribution in [3.8, 4) is 0 Å². The average molecular weight is 313 g/mol. The first kappa shape index (κ1) is 13.5. The molecule has 1 amide bonds. The zero-order chi connectivity index (χ0) is 12.6. The van der Waals surface area contributed by atoms with Crippen molar-refractivity contribution < 1.29 is 4.79 Å². The molecule has 2 nitrogen and oxygen atoms in total. The molecule has 2 rings (SSSR count). The predicted octanol–water partition coefficient (Wildman–Crippen LogP) is 4.14. The van der Waals surface area contributed by atoms with Gasteiger partial charge in [0.1, 0.15) is 4.34 Å². The van der Waals surface area contributed by atoms with E-state index in [0.29, 0.717) is 26.7 Å². The Labute approximate surface area is 119 Å². The van der Waals surface area contributed by atoms with Crippen molar-refractivity contribution in [1.82, 2.24) is 4.90 Å². The molecule has 2 atom stereocenters. The van der Waals surface area contributed by atoms with E-state index in [4.69, 9.17) is 34.8 Å². The van der Waals surface area contributed by atoms with Gasteiger partial charge in [0.05, 0.1) is 15.3 Å². The van der Waals surface area contributed by atoms with Crippen molar-refractivity contribution in [1.29, 1.82) is 0 Å². The minimum Gasteiger partial charge on any atom is -0.337 e. The zero-order valence-electron chi connectivity index (χ0n) is 9.25. The highest BCUT2D eigenvalue weighted by atomic mass is 35.5. The summed E-state index contributed by atoms with van der Waals surface area (Å²) in [4.78, 5) is 14.0. The average Bonchev–Trinajstić information content (AvgIpc) is 2.61. The molecule has 1 aliphatic heterocycles. The fourth-order valence-electron chi connectivity index (χ4n) is 1.86. The summed E-state index contributed by atoms with van der Waals surface area (Å²) in [6.45, 7) is 3.41. The van der Waals surface area contributed by atoms with Crippen LogP contribution in [-0.4, -0.2) is 29.3 Å². The third-order valence-corrected chi connectivity index (χ3v) is 5.10. The molecular formula is C11H12Cl3NOS. The predicted molar refractivity (Wildman–Crippen MR) is 73.7 cm³/mol. The van der Waals surface area contributed by atoms with Crippen LogP contribution in [0.25, 0.3) is 0 Å². The van der Waals surface area contributed by atoms with Crippen LogP contribution in [0.4, 0.5) is 0 Å². The second kappa shape index (κ2) is 5.35. The number of halogens is 3. The van der Waals surface area contributed by atoms with Crippen LogP contribution in [0.2, 0.25) is 8.67 Å². The molecule has 0 radical (unpaired) electrons. The molecule has 0 aliphatic carbocycles. The van der Waals surface area contributed by atoms with Crippen LogP contribution in [-0.2, 0) is 0 Å². The largest absolute Gasteiger partial charge is 0.337 e. The highest BCUT2D eigenvalue weighted by molar-refractivity contribution is 7.20. The van der Waals surface area contributed by atoms with E-state index in [0.717, 1.165) is 13.0 Å². The smallest absolute Gasteiger partial charge is 0.256 e. The van der Waals surface area contributed by atoms with Crippen molar-refractivity contribution in [2.45, 2.75) is 18.7 Å². The van der Waals surface area contributed by atoms with Gasteiger partial charge < -0.3 is 4.90 Å². The number of alkyl halides is 1. The van der Waals surface area contributed by atoms with Crippen LogP contribution in [0, 0.1) is 5.92 Å². The van der Waals surface area contributed by atoms with E-state index < -0.39 is 0 Å². The summed E-state index contributed by atoms with van der Waals surface area (Å²) in [6.07, 6.45) is 0.926. The van der Waals surface area contributed by atoms with E-state index in [9.17, 15) is 4.79 Å². The van der Waals surface area contributed by atoms with Gasteiger partial charge in [0.2, 0.25) is 0 Å². The summed E-state index contributed by atoms with van der Waals surface area (Å²) in [7, 11) is 0. The molecule has 0 aromatic carbocycles. The van der Waals surface area contributed by atoms with Crippen LogP contribution in [0.1, 0.15) is 23.7 Å². The molecular weight excluding hydrogens is 301 g/mol. The number of piperidine rings is 1. The van der Waals surface area contributed by atoms with Gasteiger partial charge >= 0.3 is 0 Å². The Morgan fingerprint density at radius 3 is 2.76 bits per heavy atom. The normalized spacial score (nSPS) is 25.1. The van der Waals surface area contributed by atoms with Crippen molar-refractivity contribution >= 4 is 52.0 Å². The number of carbonyl (C=O) groups is 1. The Morgan fingerprint density at radius 2 is 2.24 bits per heavy atom. The maximum Gasteiger partial charge on any atom is 0.256 e. The molecule has 0 saturated carbocycles. The quantitative estimate of drug-likeness (QED) is 0.714. The third-order valence-electron chi connectivity index (χ3n) is 3.04. The molecule has 2 unspecified atom stereocenters. The summed E-state index contributed by atoms with van der Waals surface area (Å²) in [6, 6.07) is 1.62. The van der Waals surface area contributed by atoms with E-state index in [-0.39, 0.29) is 11.3 Å². The minimum absolute atomic E-state index is 0.0144. The van der Waals surface area contributed by atoms with Crippen LogP contribution in [0.15, 0.2) is 6.07 Å². The second-order valence-electron chi connectivity index (χ2n) is 4.27. The maximum absolute atomic E-state index is 12.2. The summed E-state index contributed by atoms with van der Waals surface area (Å²) in [5.41, 5.74) is 0.486. The van der Waals surface area contributed by atoms with Gasteiger partial charge in [-0.25, -0.2) is 0 Å². The Hall–Kier alpha value is 0.0400. The van der Waals surface area contributed by atoms with Crippen molar-refractivity contribution in [3.63, 3.8) is 0 Å². The standard InChI is InChI=1S/C11H12Cl3NOS/c1-6-2-3-15(5-8(6)12)11(16)7-4-9(13)17-10(7)14/h4,6,8H,2-3,5H2,1H3. The number of carbonyl (C=O) groups excluding carboxylic acids is 1. The Kier molecular flexibility index (Phi) is 4.24. The molecule has 0 spiro atoms. The molecule has 0 N–H and O–H groups in total. The highest BCUT2D eigenvalue weighted by Gasteiger charge is 2.29. The van der Waals surface area contributed by atoms with Crippen LogP contribution < -0.4 is 0 Å². The van der Waals surface area contributed by atoms with Gasteiger partial charge in [0, 0.05) is 13.1 Å². The monoisotopic (exact) mass is 311 g/mol. The highest BCUT2D eigenvalue weighted by Crippen LogP contribution is 2.33. The van der Waals surface area contributed by atoms with Gasteiger partial charge in [0.25, 0.3) is 5.91 Å². The van der Waals surface area contributed by atoms with Crippen LogP contribution in [0.3, 0.4) is 0 Å². The molecule has 1 fully saturated rings. The van der Waals surface area contributed by atoms with Gasteiger partial charge in [-0.3, -0.25) is 4.79 Å². The van der Waals surface area contributed by atoms with E-state index in [1.165, 1.54) is 11.3 Å². The zero-order valence-corrected chi connectivity index (χ0v) is 12.3. The second-order valence-corrected chi connectivity index (χ2v) is 7.12. The number of hydrogen-bond donors (Lipinski definition) is 0. The van der Waals surface area contributed by atoms with Crippen LogP contribution >= 0.6 is 46.1 Å². The molecule has 17 heavy (non-hydrogen) atoms. The molecule has 1 aromatic heterocycles. The van der Waals surface area contributed by atoms with E-state index in [2.05, 4.69) is 6.92 Å². The Balaban J connectivity index is 2.13. The lowest BCUT2D eigenvalue weighted by Crippen LogP contribution is -2.43. The number of rotatable bonds is 1. The van der Waals surface area contributed by atoms with Crippen molar-refractivity contribution in [2.24, 2.45) is 5.92 Å². The third kappa shape index (κ3) is 2.90. The van der Waals surface area contributed by atoms with Crippen molar-refractivity contribution in [2.75, 3.05) is 13.1 Å². The molecule has 1 saturated heterocycles. The number of likely N-dealkylation sites (tertiary alicyclic amines) is 1. The number of thiophene rings is 1. The lowest BCUT2D eigenvalue weighted by atomic mass is 9.98.